The fourth-order valence-electron chi connectivity index (χ4n) is 4.38. The molecule has 9 nitrogen and oxygen atoms in total. The van der Waals surface area contributed by atoms with E-state index < -0.39 is 5.97 Å². The molecule has 1 fully saturated rings. The Morgan fingerprint density at radius 1 is 0.972 bits per heavy atom. The van der Waals surface area contributed by atoms with Gasteiger partial charge < -0.3 is 21.1 Å². The van der Waals surface area contributed by atoms with Gasteiger partial charge >= 0.3 is 5.97 Å². The Hall–Kier alpha value is -4.01. The molecule has 1 heterocycles. The monoisotopic (exact) mass is 488 g/mol. The number of aromatic nitrogens is 3. The van der Waals surface area contributed by atoms with Crippen LogP contribution in [0.15, 0.2) is 60.9 Å². The molecule has 0 aliphatic heterocycles. The summed E-state index contributed by atoms with van der Waals surface area (Å²) >= 11 is 0. The average Bonchev–Trinajstić information content (AvgIpc) is 2.91. The standard InChI is InChI=1S/C27H32N6O3/c1-18(20-5-3-2-4-6-20)15-29-26-30-17-31-27(33-26)32-23-13-11-21(12-14-23)24(34)28-16-19-7-9-22(10-8-19)25(35)36/h2-10,17-18,21,23H,11-16H2,1H3,(H,28,34)(H,35,36)(H2,29,30,31,32,33)/t18-,21?,23?/m0/s1. The molecule has 1 amide bonds. The number of nitrogens with zero attached hydrogens (tertiary/aromatic N) is 3. The highest BCUT2D eigenvalue weighted by Gasteiger charge is 2.26. The van der Waals surface area contributed by atoms with Gasteiger partial charge in [0.05, 0.1) is 5.56 Å². The van der Waals surface area contributed by atoms with E-state index in [4.69, 9.17) is 5.11 Å². The van der Waals surface area contributed by atoms with Gasteiger partial charge in [0.1, 0.15) is 6.33 Å². The zero-order valence-electron chi connectivity index (χ0n) is 20.4. The SMILES string of the molecule is C[C@@H](CNc1ncnc(NC2CCC(C(=O)NCc3ccc(C(=O)O)cc3)CC2)n1)c1ccccc1. The lowest BCUT2D eigenvalue weighted by Gasteiger charge is -2.28. The Morgan fingerprint density at radius 2 is 1.67 bits per heavy atom. The first kappa shape index (κ1) is 25.1. The minimum absolute atomic E-state index is 0.0311. The Bertz CT molecular complexity index is 1150. The molecule has 0 spiro atoms. The van der Waals surface area contributed by atoms with Crippen LogP contribution in [0, 0.1) is 5.92 Å². The number of hydrogen-bond donors (Lipinski definition) is 4. The van der Waals surface area contributed by atoms with Crippen molar-refractivity contribution in [3.63, 3.8) is 0 Å². The van der Waals surface area contributed by atoms with Crippen molar-refractivity contribution in [2.45, 2.75) is 51.1 Å². The first-order valence-electron chi connectivity index (χ1n) is 12.3. The van der Waals surface area contributed by atoms with Crippen molar-refractivity contribution in [2.75, 3.05) is 17.2 Å². The van der Waals surface area contributed by atoms with Gasteiger partial charge in [-0.05, 0) is 54.9 Å². The molecule has 0 unspecified atom stereocenters. The summed E-state index contributed by atoms with van der Waals surface area (Å²) in [7, 11) is 0. The van der Waals surface area contributed by atoms with Crippen molar-refractivity contribution in [1.82, 2.24) is 20.3 Å². The van der Waals surface area contributed by atoms with Crippen molar-refractivity contribution in [3.05, 3.63) is 77.6 Å². The van der Waals surface area contributed by atoms with Gasteiger partial charge in [0.15, 0.2) is 0 Å². The van der Waals surface area contributed by atoms with Crippen LogP contribution < -0.4 is 16.0 Å². The predicted octanol–water partition coefficient (Wildman–Crippen LogP) is 4.07. The minimum atomic E-state index is -0.960. The summed E-state index contributed by atoms with van der Waals surface area (Å²) in [5, 5.41) is 18.6. The molecular formula is C27H32N6O3. The maximum atomic E-state index is 12.6. The van der Waals surface area contributed by atoms with Gasteiger partial charge in [-0.3, -0.25) is 4.79 Å². The summed E-state index contributed by atoms with van der Waals surface area (Å²) < 4.78 is 0. The summed E-state index contributed by atoms with van der Waals surface area (Å²) in [4.78, 5) is 36.6. The molecule has 1 saturated carbocycles. The lowest BCUT2D eigenvalue weighted by atomic mass is 9.85. The van der Waals surface area contributed by atoms with Gasteiger partial charge in [0.2, 0.25) is 17.8 Å². The normalized spacial score (nSPS) is 18.1. The maximum absolute atomic E-state index is 12.6. The van der Waals surface area contributed by atoms with Gasteiger partial charge in [-0.2, -0.15) is 4.98 Å². The van der Waals surface area contributed by atoms with Crippen molar-refractivity contribution in [2.24, 2.45) is 5.92 Å². The van der Waals surface area contributed by atoms with Crippen molar-refractivity contribution < 1.29 is 14.7 Å². The highest BCUT2D eigenvalue weighted by molar-refractivity contribution is 5.87. The average molecular weight is 489 g/mol. The number of carboxylic acid groups (broad SMARTS) is 1. The Labute approximate surface area is 210 Å². The first-order chi connectivity index (χ1) is 17.5. The zero-order valence-corrected chi connectivity index (χ0v) is 20.4. The minimum Gasteiger partial charge on any atom is -0.478 e. The second-order valence-corrected chi connectivity index (χ2v) is 9.24. The topological polar surface area (TPSA) is 129 Å². The molecule has 2 aromatic carbocycles. The molecule has 4 rings (SSSR count). The summed E-state index contributed by atoms with van der Waals surface area (Å²) in [6, 6.07) is 17.1. The first-order valence-corrected chi connectivity index (χ1v) is 12.3. The molecule has 1 aliphatic rings. The van der Waals surface area contributed by atoms with E-state index in [1.807, 2.05) is 18.2 Å². The molecule has 36 heavy (non-hydrogen) atoms. The molecule has 188 valence electrons. The van der Waals surface area contributed by atoms with Gasteiger partial charge in [-0.15, -0.1) is 0 Å². The quantitative estimate of drug-likeness (QED) is 0.336. The van der Waals surface area contributed by atoms with Gasteiger partial charge in [0, 0.05) is 25.0 Å². The number of amides is 1. The number of carbonyl (C=O) groups excluding carboxylic acids is 1. The van der Waals surface area contributed by atoms with Crippen LogP contribution in [0.5, 0.6) is 0 Å². The number of anilines is 2. The number of rotatable bonds is 10. The Morgan fingerprint density at radius 3 is 2.36 bits per heavy atom. The lowest BCUT2D eigenvalue weighted by molar-refractivity contribution is -0.126. The van der Waals surface area contributed by atoms with Crippen LogP contribution in [-0.2, 0) is 11.3 Å². The van der Waals surface area contributed by atoms with Crippen molar-refractivity contribution >= 4 is 23.8 Å². The smallest absolute Gasteiger partial charge is 0.335 e. The number of carboxylic acids is 1. The van der Waals surface area contributed by atoms with E-state index in [1.54, 1.807) is 24.3 Å². The summed E-state index contributed by atoms with van der Waals surface area (Å²) in [6.45, 7) is 3.27. The largest absolute Gasteiger partial charge is 0.478 e. The molecule has 1 atom stereocenters. The van der Waals surface area contributed by atoms with Crippen LogP contribution in [0.3, 0.4) is 0 Å². The van der Waals surface area contributed by atoms with Crippen LogP contribution in [0.4, 0.5) is 11.9 Å². The lowest BCUT2D eigenvalue weighted by Crippen LogP contribution is -2.35. The second kappa shape index (κ2) is 12.1. The van der Waals surface area contributed by atoms with E-state index in [-0.39, 0.29) is 23.4 Å². The van der Waals surface area contributed by atoms with Crippen LogP contribution in [0.2, 0.25) is 0 Å². The molecule has 0 saturated heterocycles. The Balaban J connectivity index is 1.20. The van der Waals surface area contributed by atoms with E-state index in [2.05, 4.69) is 50.0 Å². The van der Waals surface area contributed by atoms with E-state index in [0.29, 0.717) is 24.4 Å². The molecule has 1 aromatic heterocycles. The molecule has 3 aromatic rings. The van der Waals surface area contributed by atoms with Crippen molar-refractivity contribution in [3.8, 4) is 0 Å². The number of carbonyl (C=O) groups is 2. The van der Waals surface area contributed by atoms with Crippen LogP contribution in [-0.4, -0.2) is 44.5 Å². The van der Waals surface area contributed by atoms with Gasteiger partial charge in [0.25, 0.3) is 0 Å². The van der Waals surface area contributed by atoms with Gasteiger partial charge in [-0.25, -0.2) is 14.8 Å². The number of hydrogen-bond acceptors (Lipinski definition) is 7. The predicted molar refractivity (Wildman–Crippen MR) is 138 cm³/mol. The van der Waals surface area contributed by atoms with Gasteiger partial charge in [-0.1, -0.05) is 49.4 Å². The van der Waals surface area contributed by atoms with Crippen LogP contribution >= 0.6 is 0 Å². The number of aromatic carboxylic acids is 1. The molecular weight excluding hydrogens is 456 g/mol. The highest BCUT2D eigenvalue weighted by Crippen LogP contribution is 2.26. The van der Waals surface area contributed by atoms with Crippen molar-refractivity contribution in [1.29, 1.82) is 0 Å². The summed E-state index contributed by atoms with van der Waals surface area (Å²) in [5.41, 5.74) is 2.37. The van der Waals surface area contributed by atoms with Crippen LogP contribution in [0.25, 0.3) is 0 Å². The number of nitrogens with one attached hydrogen (secondary N) is 3. The van der Waals surface area contributed by atoms with E-state index in [1.165, 1.54) is 11.9 Å². The highest BCUT2D eigenvalue weighted by atomic mass is 16.4. The Kier molecular flexibility index (Phi) is 8.44. The van der Waals surface area contributed by atoms with E-state index >= 15 is 0 Å². The second-order valence-electron chi connectivity index (χ2n) is 9.24. The molecule has 1 aliphatic carbocycles. The molecule has 0 bridgehead atoms. The third-order valence-electron chi connectivity index (χ3n) is 6.61. The molecule has 0 radical (unpaired) electrons. The third-order valence-corrected chi connectivity index (χ3v) is 6.61. The molecule has 4 N–H and O–H groups in total. The number of benzene rings is 2. The fraction of sp³-hybridized carbons (Fsp3) is 0.370. The maximum Gasteiger partial charge on any atom is 0.335 e. The van der Waals surface area contributed by atoms with E-state index in [9.17, 15) is 9.59 Å². The summed E-state index contributed by atoms with van der Waals surface area (Å²) in [5.74, 6) is 0.451. The van der Waals surface area contributed by atoms with Crippen LogP contribution in [0.1, 0.15) is 60.0 Å². The summed E-state index contributed by atoms with van der Waals surface area (Å²) in [6.07, 6.45) is 4.78. The fourth-order valence-corrected chi connectivity index (χ4v) is 4.38. The molecule has 9 heteroatoms. The zero-order chi connectivity index (χ0) is 25.3. The van der Waals surface area contributed by atoms with E-state index in [0.717, 1.165) is 37.8 Å². The third kappa shape index (κ3) is 7.00.